The first-order valence-electron chi connectivity index (χ1n) is 13.5. The number of esters is 1. The lowest BCUT2D eigenvalue weighted by atomic mass is 9.87. The Morgan fingerprint density at radius 1 is 1.00 bits per heavy atom. The lowest BCUT2D eigenvalue weighted by Crippen LogP contribution is -2.49. The third-order valence-electron chi connectivity index (χ3n) is 7.73. The van der Waals surface area contributed by atoms with E-state index in [1.807, 2.05) is 46.7 Å². The molecular formula is C29H35N3O4S. The number of hydrogen-bond donors (Lipinski definition) is 0. The van der Waals surface area contributed by atoms with E-state index in [0.717, 1.165) is 22.2 Å². The van der Waals surface area contributed by atoms with Crippen molar-refractivity contribution in [2.24, 2.45) is 5.92 Å². The Balaban J connectivity index is 1.49. The second-order valence-electron chi connectivity index (χ2n) is 9.97. The summed E-state index contributed by atoms with van der Waals surface area (Å²) in [5.41, 5.74) is 1.32. The van der Waals surface area contributed by atoms with Gasteiger partial charge >= 0.3 is 5.97 Å². The molecule has 0 bridgehead atoms. The van der Waals surface area contributed by atoms with E-state index in [4.69, 9.17) is 4.74 Å². The van der Waals surface area contributed by atoms with Gasteiger partial charge in [-0.3, -0.25) is 9.59 Å². The summed E-state index contributed by atoms with van der Waals surface area (Å²) in [6, 6.07) is 11.6. The van der Waals surface area contributed by atoms with Crippen LogP contribution in [0.1, 0.15) is 65.5 Å². The van der Waals surface area contributed by atoms with Crippen LogP contribution in [0.15, 0.2) is 46.6 Å². The van der Waals surface area contributed by atoms with Crippen LogP contribution in [0.5, 0.6) is 0 Å². The van der Waals surface area contributed by atoms with Gasteiger partial charge in [-0.1, -0.05) is 56.4 Å². The van der Waals surface area contributed by atoms with Crippen molar-refractivity contribution in [3.05, 3.63) is 62.6 Å². The summed E-state index contributed by atoms with van der Waals surface area (Å²) in [6.07, 6.45) is 7.18. The molecule has 5 rings (SSSR count). The summed E-state index contributed by atoms with van der Waals surface area (Å²) in [4.78, 5) is 44.7. The van der Waals surface area contributed by atoms with Crippen LogP contribution >= 0.6 is 11.3 Å². The van der Waals surface area contributed by atoms with Crippen molar-refractivity contribution in [1.29, 1.82) is 0 Å². The number of piperazine rings is 1. The molecule has 1 saturated carbocycles. The number of pyridine rings is 1. The molecule has 3 aromatic rings. The summed E-state index contributed by atoms with van der Waals surface area (Å²) in [5, 5.41) is 2.79. The molecule has 1 amide bonds. The van der Waals surface area contributed by atoms with Gasteiger partial charge in [0.05, 0.1) is 22.7 Å². The number of aromatic nitrogens is 1. The Labute approximate surface area is 221 Å². The van der Waals surface area contributed by atoms with Gasteiger partial charge in [-0.25, -0.2) is 4.79 Å². The first-order chi connectivity index (χ1) is 18.1. The number of ether oxygens (including phenoxy) is 1. The van der Waals surface area contributed by atoms with Gasteiger partial charge in [0.25, 0.3) is 11.5 Å². The summed E-state index contributed by atoms with van der Waals surface area (Å²) in [5.74, 6) is 0.0825. The van der Waals surface area contributed by atoms with Gasteiger partial charge in [0.2, 0.25) is 0 Å². The van der Waals surface area contributed by atoms with Gasteiger partial charge in [0, 0.05) is 38.1 Å². The van der Waals surface area contributed by atoms with Crippen molar-refractivity contribution in [3.63, 3.8) is 0 Å². The molecule has 1 saturated heterocycles. The molecule has 37 heavy (non-hydrogen) atoms. The number of hydrogen-bond acceptors (Lipinski definition) is 6. The van der Waals surface area contributed by atoms with Crippen LogP contribution in [0.3, 0.4) is 0 Å². The summed E-state index contributed by atoms with van der Waals surface area (Å²) < 4.78 is 7.19. The fourth-order valence-corrected chi connectivity index (χ4v) is 6.49. The maximum atomic E-state index is 13.9. The monoisotopic (exact) mass is 521 g/mol. The smallest absolute Gasteiger partial charge is 0.345 e. The van der Waals surface area contributed by atoms with Crippen LogP contribution in [0.4, 0.5) is 5.69 Å². The standard InChI is InChI=1S/C29H35N3O4S/c1-2-36-29(35)25-26(30-16-18-31(19-17-30)27(33)24-13-8-20-37-24)22-11-6-7-12-23(22)32(28(25)34)15-14-21-9-4-3-5-10-21/h6-8,11-13,20-21H,2-5,9-10,14-19H2,1H3. The Morgan fingerprint density at radius 2 is 1.76 bits per heavy atom. The van der Waals surface area contributed by atoms with Gasteiger partial charge in [-0.15, -0.1) is 11.3 Å². The van der Waals surface area contributed by atoms with Gasteiger partial charge in [-0.05, 0) is 36.8 Å². The molecule has 8 heteroatoms. The van der Waals surface area contributed by atoms with Gasteiger partial charge in [-0.2, -0.15) is 0 Å². The Kier molecular flexibility index (Phi) is 7.93. The molecule has 2 aromatic heterocycles. The number of para-hydroxylation sites is 1. The molecule has 1 aromatic carbocycles. The number of aryl methyl sites for hydroxylation is 1. The molecule has 0 radical (unpaired) electrons. The molecule has 0 spiro atoms. The predicted octanol–water partition coefficient (Wildman–Crippen LogP) is 5.17. The molecule has 7 nitrogen and oxygen atoms in total. The van der Waals surface area contributed by atoms with E-state index in [0.29, 0.717) is 44.3 Å². The summed E-state index contributed by atoms with van der Waals surface area (Å²) >= 11 is 1.44. The number of nitrogens with zero attached hydrogens (tertiary/aromatic N) is 3. The predicted molar refractivity (Wildman–Crippen MR) is 148 cm³/mol. The maximum Gasteiger partial charge on any atom is 0.345 e. The normalized spacial score (nSPS) is 16.8. The topological polar surface area (TPSA) is 71.8 Å². The molecule has 1 aliphatic heterocycles. The van der Waals surface area contributed by atoms with Crippen LogP contribution in [0.2, 0.25) is 0 Å². The minimum atomic E-state index is -0.572. The Bertz CT molecular complexity index is 1300. The second-order valence-corrected chi connectivity index (χ2v) is 10.9. The molecule has 0 unspecified atom stereocenters. The van der Waals surface area contributed by atoms with Crippen molar-refractivity contribution in [2.75, 3.05) is 37.7 Å². The third-order valence-corrected chi connectivity index (χ3v) is 8.58. The van der Waals surface area contributed by atoms with E-state index >= 15 is 0 Å². The first kappa shape index (κ1) is 25.5. The van der Waals surface area contributed by atoms with E-state index in [1.54, 1.807) is 11.5 Å². The minimum absolute atomic E-state index is 0.0308. The highest BCUT2D eigenvalue weighted by Gasteiger charge is 2.30. The number of carbonyl (C=O) groups is 2. The lowest BCUT2D eigenvalue weighted by Gasteiger charge is -2.37. The van der Waals surface area contributed by atoms with Crippen molar-refractivity contribution < 1.29 is 14.3 Å². The zero-order valence-electron chi connectivity index (χ0n) is 21.5. The van der Waals surface area contributed by atoms with E-state index in [9.17, 15) is 14.4 Å². The fraction of sp³-hybridized carbons (Fsp3) is 0.483. The van der Waals surface area contributed by atoms with Gasteiger partial charge in [0.1, 0.15) is 5.56 Å². The number of thiophene rings is 1. The maximum absolute atomic E-state index is 13.9. The first-order valence-corrected chi connectivity index (χ1v) is 14.4. The van der Waals surface area contributed by atoms with Gasteiger partial charge < -0.3 is 19.1 Å². The Morgan fingerprint density at radius 3 is 2.46 bits per heavy atom. The number of amides is 1. The molecule has 0 N–H and O–H groups in total. The van der Waals surface area contributed by atoms with E-state index in [-0.39, 0.29) is 23.6 Å². The number of fused-ring (bicyclic) bond motifs is 1. The van der Waals surface area contributed by atoms with E-state index in [1.165, 1.54) is 43.4 Å². The molecule has 3 heterocycles. The van der Waals surface area contributed by atoms with Crippen LogP contribution in [0.25, 0.3) is 10.9 Å². The minimum Gasteiger partial charge on any atom is -0.462 e. The molecule has 196 valence electrons. The van der Waals surface area contributed by atoms with Crippen LogP contribution in [0, 0.1) is 5.92 Å². The molecule has 2 fully saturated rings. The summed E-state index contributed by atoms with van der Waals surface area (Å²) in [7, 11) is 0. The molecule has 0 atom stereocenters. The van der Waals surface area contributed by atoms with Crippen molar-refractivity contribution in [3.8, 4) is 0 Å². The van der Waals surface area contributed by atoms with Crippen molar-refractivity contribution in [2.45, 2.75) is 52.0 Å². The molecule has 2 aliphatic rings. The quantitative estimate of drug-likeness (QED) is 0.401. The average Bonchev–Trinajstić information content (AvgIpc) is 3.47. The fourth-order valence-electron chi connectivity index (χ4n) is 5.80. The number of rotatable bonds is 7. The Hall–Kier alpha value is -3.13. The van der Waals surface area contributed by atoms with E-state index < -0.39 is 5.97 Å². The number of benzene rings is 1. The molecular weight excluding hydrogens is 486 g/mol. The highest BCUT2D eigenvalue weighted by Crippen LogP contribution is 2.32. The van der Waals surface area contributed by atoms with Crippen LogP contribution in [-0.4, -0.2) is 54.1 Å². The lowest BCUT2D eigenvalue weighted by molar-refractivity contribution is 0.0523. The third kappa shape index (κ3) is 5.30. The SMILES string of the molecule is CCOC(=O)c1c(N2CCN(C(=O)c3cccs3)CC2)c2ccccc2n(CCC2CCCCC2)c1=O. The van der Waals surface area contributed by atoms with Crippen LogP contribution < -0.4 is 10.5 Å². The largest absolute Gasteiger partial charge is 0.462 e. The summed E-state index contributed by atoms with van der Waals surface area (Å²) in [6.45, 7) is 4.69. The van der Waals surface area contributed by atoms with Crippen molar-refractivity contribution >= 4 is 39.8 Å². The number of anilines is 1. The number of carbonyl (C=O) groups excluding carboxylic acids is 2. The van der Waals surface area contributed by atoms with Crippen LogP contribution in [-0.2, 0) is 11.3 Å². The van der Waals surface area contributed by atoms with Gasteiger partial charge in [0.15, 0.2) is 0 Å². The average molecular weight is 522 g/mol. The highest BCUT2D eigenvalue weighted by molar-refractivity contribution is 7.12. The van der Waals surface area contributed by atoms with Crippen molar-refractivity contribution in [1.82, 2.24) is 9.47 Å². The second kappa shape index (κ2) is 11.5. The molecule has 1 aliphatic carbocycles. The zero-order chi connectivity index (χ0) is 25.8. The zero-order valence-corrected chi connectivity index (χ0v) is 22.3. The highest BCUT2D eigenvalue weighted by atomic mass is 32.1. The van der Waals surface area contributed by atoms with E-state index in [2.05, 4.69) is 4.90 Å².